The van der Waals surface area contributed by atoms with E-state index in [-0.39, 0.29) is 82.8 Å². The molecular formula is C55H85N19O10. The van der Waals surface area contributed by atoms with Crippen LogP contribution in [0.5, 0.6) is 0 Å². The minimum Gasteiger partial charge on any atom is -0.480 e. The molecule has 21 N–H and O–H groups in total. The number of aromatic amines is 3. The Morgan fingerprint density at radius 3 is 1.71 bits per heavy atom. The number of aliphatic carboxylic acids is 1. The van der Waals surface area contributed by atoms with E-state index in [1.807, 2.05) is 38.1 Å². The zero-order chi connectivity index (χ0) is 61.3. The lowest BCUT2D eigenvalue weighted by Gasteiger charge is -2.30. The van der Waals surface area contributed by atoms with Gasteiger partial charge in [-0.25, -0.2) is 9.97 Å². The van der Waals surface area contributed by atoms with Gasteiger partial charge in [-0.1, -0.05) is 32.0 Å². The number of hydrogen-bond acceptors (Lipinski definition) is 15. The second kappa shape index (κ2) is 33.6. The molecule has 0 saturated carbocycles. The Hall–Kier alpha value is -8.44. The molecule has 0 spiro atoms. The highest BCUT2D eigenvalue weighted by atomic mass is 16.4. The summed E-state index contributed by atoms with van der Waals surface area (Å²) in [6.07, 6.45) is 10.3. The number of nitrogens with one attached hydrogen (secondary N) is 10. The molecule has 0 bridgehead atoms. The number of carboxylic acid groups (broad SMARTS) is 1. The van der Waals surface area contributed by atoms with Crippen molar-refractivity contribution in [3.63, 3.8) is 0 Å². The van der Waals surface area contributed by atoms with Crippen molar-refractivity contribution >= 4 is 70.1 Å². The number of nitrogens with two attached hydrogens (primary N) is 5. The summed E-state index contributed by atoms with van der Waals surface area (Å²) in [4.78, 5) is 148. The molecule has 3 aromatic heterocycles. The van der Waals surface area contributed by atoms with Crippen molar-refractivity contribution < 1.29 is 48.3 Å². The lowest BCUT2D eigenvalue weighted by molar-refractivity contribution is -0.144. The van der Waals surface area contributed by atoms with Crippen LogP contribution in [0.1, 0.15) is 108 Å². The number of H-pyrrole nitrogens is 3. The number of rotatable bonds is 36. The number of carbonyl (C=O) groups excluding carboxylic acids is 8. The molecule has 29 nitrogen and oxygen atoms in total. The Morgan fingerprint density at radius 1 is 0.655 bits per heavy atom. The first kappa shape index (κ1) is 66.4. The molecule has 1 aliphatic rings. The summed E-state index contributed by atoms with van der Waals surface area (Å²) in [5, 5.41) is 29.4. The highest BCUT2D eigenvalue weighted by Gasteiger charge is 2.40. The fraction of sp³-hybridized carbons (Fsp3) is 0.564. The smallest absolute Gasteiger partial charge is 0.325 e. The largest absolute Gasteiger partial charge is 0.480 e. The molecule has 460 valence electrons. The van der Waals surface area contributed by atoms with Crippen LogP contribution in [0.2, 0.25) is 0 Å². The van der Waals surface area contributed by atoms with Crippen molar-refractivity contribution in [1.29, 1.82) is 0 Å². The third-order valence-corrected chi connectivity index (χ3v) is 14.3. The van der Waals surface area contributed by atoms with Crippen molar-refractivity contribution in [2.75, 3.05) is 26.2 Å². The Kier molecular flexibility index (Phi) is 26.6. The first-order chi connectivity index (χ1) is 40.2. The highest BCUT2D eigenvalue weighted by molar-refractivity contribution is 5.98. The molecule has 4 aromatic rings. The molecule has 0 radical (unpaired) electrons. The topological polar surface area (TPSA) is 477 Å². The van der Waals surface area contributed by atoms with Gasteiger partial charge in [0.1, 0.15) is 48.3 Å². The van der Waals surface area contributed by atoms with Crippen LogP contribution in [-0.4, -0.2) is 175 Å². The molecule has 9 atom stereocenters. The first-order valence-electron chi connectivity index (χ1n) is 28.6. The average molecular weight is 1170 g/mol. The quantitative estimate of drug-likeness (QED) is 0.0131. The van der Waals surface area contributed by atoms with Gasteiger partial charge in [0.15, 0.2) is 5.96 Å². The molecule has 29 heteroatoms. The highest BCUT2D eigenvalue weighted by Crippen LogP contribution is 2.22. The number of carboxylic acids is 1. The number of fused-ring (bicyclic) bond motifs is 1. The SMILES string of the molecule is CC(C)C[C@H](NC(=O)[C@@H](CCCN=C(N)N)NC(=O)[C@H](CCCCN)NC(=O)[C@H](N)Cc1c[nH]c2ccccc12)C(=O)N[C@@H](Cc1cnc[nH]1)C(=O)N[C@@H](Cc1cnc[nH]1)C(=O)N[C@@H](CCCCN)C(=O)N1CCC[C@H]1C(=O)N[C@@H](C)C(=O)O. The van der Waals surface area contributed by atoms with Gasteiger partial charge in [0, 0.05) is 66.8 Å². The van der Waals surface area contributed by atoms with Gasteiger partial charge < -0.3 is 90.8 Å². The summed E-state index contributed by atoms with van der Waals surface area (Å²) in [7, 11) is 0. The number of para-hydroxylation sites is 1. The summed E-state index contributed by atoms with van der Waals surface area (Å²) >= 11 is 0. The third-order valence-electron chi connectivity index (χ3n) is 14.3. The summed E-state index contributed by atoms with van der Waals surface area (Å²) in [5.41, 5.74) is 31.7. The van der Waals surface area contributed by atoms with Crippen LogP contribution in [0.3, 0.4) is 0 Å². The summed E-state index contributed by atoms with van der Waals surface area (Å²) < 4.78 is 0. The molecule has 84 heavy (non-hydrogen) atoms. The van der Waals surface area contributed by atoms with Gasteiger partial charge in [0.05, 0.1) is 18.7 Å². The van der Waals surface area contributed by atoms with Crippen molar-refractivity contribution in [2.24, 2.45) is 39.6 Å². The van der Waals surface area contributed by atoms with Crippen molar-refractivity contribution in [3.05, 3.63) is 72.5 Å². The number of benzene rings is 1. The molecule has 8 amide bonds. The Balaban J connectivity index is 1.37. The van der Waals surface area contributed by atoms with E-state index >= 15 is 0 Å². The maximum absolute atomic E-state index is 14.7. The number of imidazole rings is 2. The number of carbonyl (C=O) groups is 9. The lowest BCUT2D eigenvalue weighted by atomic mass is 10.0. The second-order valence-corrected chi connectivity index (χ2v) is 21.5. The summed E-state index contributed by atoms with van der Waals surface area (Å²) in [6, 6.07) is -3.46. The molecule has 5 rings (SSSR count). The first-order valence-corrected chi connectivity index (χ1v) is 28.6. The number of nitrogens with zero attached hydrogens (tertiary/aromatic N) is 4. The van der Waals surface area contributed by atoms with Crippen LogP contribution >= 0.6 is 0 Å². The van der Waals surface area contributed by atoms with Gasteiger partial charge in [0.2, 0.25) is 47.3 Å². The van der Waals surface area contributed by atoms with Crippen LogP contribution in [-0.2, 0) is 62.4 Å². The van der Waals surface area contributed by atoms with Crippen LogP contribution in [0.4, 0.5) is 0 Å². The molecular weight excluding hydrogens is 1090 g/mol. The van der Waals surface area contributed by atoms with E-state index in [9.17, 15) is 48.3 Å². The molecule has 1 aromatic carbocycles. The monoisotopic (exact) mass is 1170 g/mol. The number of likely N-dealkylation sites (tertiary alicyclic amines) is 1. The average Bonchev–Trinajstić information content (AvgIpc) is 4.36. The van der Waals surface area contributed by atoms with Crippen LogP contribution in [0.25, 0.3) is 10.9 Å². The number of hydrogen-bond donors (Lipinski definition) is 16. The van der Waals surface area contributed by atoms with E-state index in [1.54, 1.807) is 6.20 Å². The van der Waals surface area contributed by atoms with E-state index in [0.29, 0.717) is 56.6 Å². The van der Waals surface area contributed by atoms with E-state index in [4.69, 9.17) is 28.7 Å². The van der Waals surface area contributed by atoms with Gasteiger partial charge in [0.25, 0.3) is 0 Å². The number of guanidine groups is 1. The predicted octanol–water partition coefficient (Wildman–Crippen LogP) is -2.18. The number of unbranched alkanes of at least 4 members (excludes halogenated alkanes) is 2. The second-order valence-electron chi connectivity index (χ2n) is 21.5. The van der Waals surface area contributed by atoms with Crippen LogP contribution in [0.15, 0.2) is 60.5 Å². The predicted molar refractivity (Wildman–Crippen MR) is 311 cm³/mol. The van der Waals surface area contributed by atoms with Crippen molar-refractivity contribution in [3.8, 4) is 0 Å². The normalized spacial score (nSPS) is 16.0. The summed E-state index contributed by atoms with van der Waals surface area (Å²) in [6.45, 7) is 5.80. The number of aliphatic imine (C=N–C) groups is 1. The van der Waals surface area contributed by atoms with E-state index in [0.717, 1.165) is 16.5 Å². The molecule has 0 aliphatic carbocycles. The lowest BCUT2D eigenvalue weighted by Crippen LogP contribution is -2.61. The molecule has 0 unspecified atom stereocenters. The van der Waals surface area contributed by atoms with Crippen molar-refractivity contribution in [1.82, 2.24) is 67.0 Å². The zero-order valence-corrected chi connectivity index (χ0v) is 48.0. The zero-order valence-electron chi connectivity index (χ0n) is 48.0. The fourth-order valence-electron chi connectivity index (χ4n) is 9.78. The van der Waals surface area contributed by atoms with Gasteiger partial charge in [-0.2, -0.15) is 0 Å². The maximum Gasteiger partial charge on any atom is 0.325 e. The summed E-state index contributed by atoms with van der Waals surface area (Å²) in [5.74, 6) is -7.38. The maximum atomic E-state index is 14.7. The molecule has 1 saturated heterocycles. The van der Waals surface area contributed by atoms with Gasteiger partial charge in [-0.15, -0.1) is 0 Å². The fourth-order valence-corrected chi connectivity index (χ4v) is 9.78. The Morgan fingerprint density at radius 2 is 1.17 bits per heavy atom. The third kappa shape index (κ3) is 20.8. The standard InChI is InChI=1S/C55H85N19O10/c1-31(2)22-42(71-48(77)40(16-10-20-63-55(59)60)69-47(76)39(14-6-8-18-56)68-46(75)37(58)23-33-26-64-38-13-5-4-12-36(33)38)49(78)72-44(25-35-28-62-30-66-35)51(80)73-43(24-34-27-61-29-65-34)50(79)70-41(15-7-9-19-57)53(82)74-21-11-17-45(74)52(81)67-32(3)54(83)84/h4-5,12-13,26-32,37,39-45,64H,6-11,14-25,56-58H2,1-3H3,(H,61,65)(H,62,66)(H,67,81)(H,68,75)(H,69,76)(H,70,79)(H,71,77)(H,72,78)(H,73,80)(H,83,84)(H4,59,60,63)/t32-,37+,39-,40+,41-,42-,43-,44-,45-/m0/s1. The molecule has 4 heterocycles. The van der Waals surface area contributed by atoms with Gasteiger partial charge in [-0.05, 0) is 115 Å². The van der Waals surface area contributed by atoms with Crippen LogP contribution < -0.4 is 65.9 Å². The van der Waals surface area contributed by atoms with Gasteiger partial charge in [-0.3, -0.25) is 48.1 Å². The number of amides is 8. The van der Waals surface area contributed by atoms with E-state index in [2.05, 4.69) is 67.1 Å². The van der Waals surface area contributed by atoms with Crippen LogP contribution in [0, 0.1) is 5.92 Å². The molecule has 1 fully saturated rings. The van der Waals surface area contributed by atoms with E-state index < -0.39 is 108 Å². The molecule has 1 aliphatic heterocycles. The minimum atomic E-state index is -1.42. The number of aromatic nitrogens is 5. The minimum absolute atomic E-state index is 0.0158. The Labute approximate surface area is 487 Å². The van der Waals surface area contributed by atoms with Gasteiger partial charge >= 0.3 is 5.97 Å². The Bertz CT molecular complexity index is 2820. The van der Waals surface area contributed by atoms with E-state index in [1.165, 1.54) is 36.9 Å². The van der Waals surface area contributed by atoms with Crippen molar-refractivity contribution in [2.45, 2.75) is 165 Å².